The van der Waals surface area contributed by atoms with Crippen LogP contribution in [0.15, 0.2) is 0 Å². The monoisotopic (exact) mass is 258 g/mol. The summed E-state index contributed by atoms with van der Waals surface area (Å²) in [6.07, 6.45) is 1.73. The Balaban J connectivity index is 2.47. The van der Waals surface area contributed by atoms with Crippen LogP contribution in [-0.2, 0) is 14.3 Å². The summed E-state index contributed by atoms with van der Waals surface area (Å²) in [5, 5.41) is 3.29. The SMILES string of the molecule is COCCN(C(=O)CC1CCNC1)C(C)COC. The van der Waals surface area contributed by atoms with Gasteiger partial charge in [0.2, 0.25) is 5.91 Å². The van der Waals surface area contributed by atoms with E-state index in [1.54, 1.807) is 14.2 Å². The molecule has 1 rings (SSSR count). The third-order valence-electron chi connectivity index (χ3n) is 3.42. The summed E-state index contributed by atoms with van der Waals surface area (Å²) in [7, 11) is 3.32. The van der Waals surface area contributed by atoms with Gasteiger partial charge in [-0.1, -0.05) is 0 Å². The third-order valence-corrected chi connectivity index (χ3v) is 3.42. The van der Waals surface area contributed by atoms with E-state index in [0.717, 1.165) is 19.5 Å². The zero-order valence-corrected chi connectivity index (χ0v) is 11.8. The number of nitrogens with zero attached hydrogens (tertiary/aromatic N) is 1. The van der Waals surface area contributed by atoms with E-state index in [9.17, 15) is 4.79 Å². The maximum atomic E-state index is 12.3. The van der Waals surface area contributed by atoms with Crippen LogP contribution in [0.25, 0.3) is 0 Å². The van der Waals surface area contributed by atoms with Crippen molar-refractivity contribution in [1.29, 1.82) is 0 Å². The summed E-state index contributed by atoms with van der Waals surface area (Å²) >= 11 is 0. The van der Waals surface area contributed by atoms with Crippen molar-refractivity contribution in [3.8, 4) is 0 Å². The predicted octanol–water partition coefficient (Wildman–Crippen LogP) is 0.496. The Kier molecular flexibility index (Phi) is 7.23. The Morgan fingerprint density at radius 3 is 2.78 bits per heavy atom. The van der Waals surface area contributed by atoms with E-state index in [2.05, 4.69) is 5.32 Å². The Bertz CT molecular complexity index is 242. The molecule has 0 aliphatic carbocycles. The Hall–Kier alpha value is -0.650. The second-order valence-corrected chi connectivity index (χ2v) is 4.95. The average Bonchev–Trinajstić information content (AvgIpc) is 2.82. The van der Waals surface area contributed by atoms with Crippen molar-refractivity contribution in [3.05, 3.63) is 0 Å². The highest BCUT2D eigenvalue weighted by Crippen LogP contribution is 2.15. The van der Waals surface area contributed by atoms with Crippen LogP contribution in [0, 0.1) is 5.92 Å². The summed E-state index contributed by atoms with van der Waals surface area (Å²) in [5.74, 6) is 0.697. The molecule has 0 bridgehead atoms. The molecule has 2 unspecified atom stereocenters. The lowest BCUT2D eigenvalue weighted by Gasteiger charge is -2.29. The van der Waals surface area contributed by atoms with Gasteiger partial charge in [-0.05, 0) is 32.4 Å². The second kappa shape index (κ2) is 8.45. The van der Waals surface area contributed by atoms with E-state index >= 15 is 0 Å². The molecule has 0 saturated carbocycles. The lowest BCUT2D eigenvalue weighted by Crippen LogP contribution is -2.43. The van der Waals surface area contributed by atoms with E-state index in [4.69, 9.17) is 9.47 Å². The van der Waals surface area contributed by atoms with Crippen molar-refractivity contribution >= 4 is 5.91 Å². The Labute approximate surface area is 110 Å². The first-order valence-electron chi connectivity index (χ1n) is 6.67. The molecule has 1 fully saturated rings. The van der Waals surface area contributed by atoms with E-state index in [0.29, 0.717) is 32.1 Å². The van der Waals surface area contributed by atoms with E-state index in [1.165, 1.54) is 0 Å². The molecule has 1 saturated heterocycles. The molecule has 1 N–H and O–H groups in total. The summed E-state index contributed by atoms with van der Waals surface area (Å²) < 4.78 is 10.2. The van der Waals surface area contributed by atoms with Crippen molar-refractivity contribution in [2.45, 2.75) is 25.8 Å². The first-order chi connectivity index (χ1) is 8.69. The maximum Gasteiger partial charge on any atom is 0.223 e. The van der Waals surface area contributed by atoms with Gasteiger partial charge in [0, 0.05) is 27.2 Å². The van der Waals surface area contributed by atoms with E-state index in [1.807, 2.05) is 11.8 Å². The van der Waals surface area contributed by atoms with Gasteiger partial charge in [-0.2, -0.15) is 0 Å². The van der Waals surface area contributed by atoms with Gasteiger partial charge in [0.1, 0.15) is 0 Å². The molecule has 0 aromatic heterocycles. The lowest BCUT2D eigenvalue weighted by atomic mass is 10.0. The second-order valence-electron chi connectivity index (χ2n) is 4.95. The molecular formula is C13H26N2O3. The third kappa shape index (κ3) is 4.92. The molecule has 0 spiro atoms. The largest absolute Gasteiger partial charge is 0.383 e. The number of methoxy groups -OCH3 is 2. The standard InChI is InChI=1S/C13H26N2O3/c1-11(10-18-3)15(6-7-17-2)13(16)8-12-4-5-14-9-12/h11-12,14H,4-10H2,1-3H3. The number of carbonyl (C=O) groups excluding carboxylic acids is 1. The molecule has 1 heterocycles. The zero-order valence-electron chi connectivity index (χ0n) is 11.8. The molecule has 1 amide bonds. The minimum Gasteiger partial charge on any atom is -0.383 e. The molecule has 5 heteroatoms. The highest BCUT2D eigenvalue weighted by Gasteiger charge is 2.24. The first-order valence-corrected chi connectivity index (χ1v) is 6.67. The molecule has 18 heavy (non-hydrogen) atoms. The van der Waals surface area contributed by atoms with Crippen molar-refractivity contribution in [2.24, 2.45) is 5.92 Å². The fourth-order valence-electron chi connectivity index (χ4n) is 2.36. The smallest absolute Gasteiger partial charge is 0.223 e. The van der Waals surface area contributed by atoms with Crippen molar-refractivity contribution in [3.63, 3.8) is 0 Å². The molecule has 2 atom stereocenters. The minimum atomic E-state index is 0.104. The minimum absolute atomic E-state index is 0.104. The topological polar surface area (TPSA) is 50.8 Å². The van der Waals surface area contributed by atoms with Crippen molar-refractivity contribution < 1.29 is 14.3 Å². The Morgan fingerprint density at radius 2 is 2.22 bits per heavy atom. The van der Waals surface area contributed by atoms with Gasteiger partial charge in [-0.15, -0.1) is 0 Å². The van der Waals surface area contributed by atoms with Gasteiger partial charge < -0.3 is 19.7 Å². The first kappa shape index (κ1) is 15.4. The molecule has 1 aliphatic heterocycles. The number of rotatable bonds is 8. The normalized spacial score (nSPS) is 20.9. The number of hydrogen-bond donors (Lipinski definition) is 1. The van der Waals surface area contributed by atoms with Crippen LogP contribution in [-0.4, -0.2) is 63.9 Å². The number of hydrogen-bond acceptors (Lipinski definition) is 4. The van der Waals surface area contributed by atoms with Crippen LogP contribution < -0.4 is 5.32 Å². The van der Waals surface area contributed by atoms with Gasteiger partial charge in [0.15, 0.2) is 0 Å². The van der Waals surface area contributed by atoms with Crippen molar-refractivity contribution in [2.75, 3.05) is 47.1 Å². The fourth-order valence-corrected chi connectivity index (χ4v) is 2.36. The highest BCUT2D eigenvalue weighted by atomic mass is 16.5. The van der Waals surface area contributed by atoms with Crippen LogP contribution in [0.2, 0.25) is 0 Å². The summed E-state index contributed by atoms with van der Waals surface area (Å²) in [4.78, 5) is 14.2. The quantitative estimate of drug-likeness (QED) is 0.688. The summed E-state index contributed by atoms with van der Waals surface area (Å²) in [6, 6.07) is 0.104. The molecule has 0 aromatic carbocycles. The maximum absolute atomic E-state index is 12.3. The number of carbonyl (C=O) groups is 1. The lowest BCUT2D eigenvalue weighted by molar-refractivity contribution is -0.135. The summed E-state index contributed by atoms with van der Waals surface area (Å²) in [6.45, 7) is 5.79. The van der Waals surface area contributed by atoms with Crippen LogP contribution in [0.5, 0.6) is 0 Å². The van der Waals surface area contributed by atoms with Crippen LogP contribution in [0.3, 0.4) is 0 Å². The highest BCUT2D eigenvalue weighted by molar-refractivity contribution is 5.76. The van der Waals surface area contributed by atoms with E-state index in [-0.39, 0.29) is 11.9 Å². The van der Waals surface area contributed by atoms with Gasteiger partial charge in [0.05, 0.1) is 19.3 Å². The van der Waals surface area contributed by atoms with Crippen molar-refractivity contribution in [1.82, 2.24) is 10.2 Å². The van der Waals surface area contributed by atoms with Crippen LogP contribution >= 0.6 is 0 Å². The predicted molar refractivity (Wildman–Crippen MR) is 70.5 cm³/mol. The molecule has 5 nitrogen and oxygen atoms in total. The van der Waals surface area contributed by atoms with Crippen LogP contribution in [0.1, 0.15) is 19.8 Å². The fraction of sp³-hybridized carbons (Fsp3) is 0.923. The van der Waals surface area contributed by atoms with Gasteiger partial charge in [-0.3, -0.25) is 4.79 Å². The number of amides is 1. The van der Waals surface area contributed by atoms with E-state index < -0.39 is 0 Å². The van der Waals surface area contributed by atoms with Gasteiger partial charge in [-0.25, -0.2) is 0 Å². The molecular weight excluding hydrogens is 232 g/mol. The molecule has 106 valence electrons. The van der Waals surface area contributed by atoms with Gasteiger partial charge in [0.25, 0.3) is 0 Å². The Morgan fingerprint density at radius 1 is 1.44 bits per heavy atom. The van der Waals surface area contributed by atoms with Gasteiger partial charge >= 0.3 is 0 Å². The molecule has 1 aliphatic rings. The summed E-state index contributed by atoms with van der Waals surface area (Å²) in [5.41, 5.74) is 0. The average molecular weight is 258 g/mol. The number of ether oxygens (including phenoxy) is 2. The zero-order chi connectivity index (χ0) is 13.4. The molecule has 0 radical (unpaired) electrons. The van der Waals surface area contributed by atoms with Crippen LogP contribution in [0.4, 0.5) is 0 Å². The molecule has 0 aromatic rings. The number of nitrogens with one attached hydrogen (secondary N) is 1.